The fraction of sp³-hybridized carbons (Fsp3) is 0.429. The maximum atomic E-state index is 12.9. The number of nitro groups is 1. The van der Waals surface area contributed by atoms with E-state index in [2.05, 4.69) is 9.88 Å². The highest BCUT2D eigenvalue weighted by Gasteiger charge is 2.24. The van der Waals surface area contributed by atoms with Crippen molar-refractivity contribution in [1.29, 1.82) is 0 Å². The van der Waals surface area contributed by atoms with Crippen LogP contribution in [0.1, 0.15) is 42.7 Å². The lowest BCUT2D eigenvalue weighted by molar-refractivity contribution is -0.384. The van der Waals surface area contributed by atoms with Crippen molar-refractivity contribution < 1.29 is 14.5 Å². The molecule has 1 amide bonds. The Morgan fingerprint density at radius 1 is 1.28 bits per heavy atom. The Bertz CT molecular complexity index is 877. The molecule has 0 spiro atoms. The van der Waals surface area contributed by atoms with E-state index in [1.165, 1.54) is 12.1 Å². The highest BCUT2D eigenvalue weighted by molar-refractivity contribution is 5.94. The summed E-state index contributed by atoms with van der Waals surface area (Å²) in [7, 11) is 1.69. The SMILES string of the molecule is CC1CN(c2ccc(C(=O)N(C)C(C)c3cccc([N+](=O)[O-])c3)cn2)CC(C)O1. The second-order valence-corrected chi connectivity index (χ2v) is 7.51. The summed E-state index contributed by atoms with van der Waals surface area (Å²) in [5.74, 6) is 0.629. The molecule has 0 bridgehead atoms. The minimum absolute atomic E-state index is 0.00943. The monoisotopic (exact) mass is 398 g/mol. The van der Waals surface area contributed by atoms with Gasteiger partial charge in [0.05, 0.1) is 28.7 Å². The first-order chi connectivity index (χ1) is 13.8. The van der Waals surface area contributed by atoms with Crippen molar-refractivity contribution in [3.63, 3.8) is 0 Å². The van der Waals surface area contributed by atoms with Crippen molar-refractivity contribution in [1.82, 2.24) is 9.88 Å². The van der Waals surface area contributed by atoms with Gasteiger partial charge in [-0.25, -0.2) is 4.98 Å². The number of hydrogen-bond donors (Lipinski definition) is 0. The van der Waals surface area contributed by atoms with Crippen LogP contribution < -0.4 is 4.90 Å². The second-order valence-electron chi connectivity index (χ2n) is 7.51. The third-order valence-electron chi connectivity index (χ3n) is 5.20. The van der Waals surface area contributed by atoms with E-state index in [4.69, 9.17) is 4.74 Å². The summed E-state index contributed by atoms with van der Waals surface area (Å²) in [6.45, 7) is 7.42. The summed E-state index contributed by atoms with van der Waals surface area (Å²) in [5, 5.41) is 11.0. The van der Waals surface area contributed by atoms with Crippen LogP contribution in [0, 0.1) is 10.1 Å². The molecule has 3 rings (SSSR count). The van der Waals surface area contributed by atoms with Crippen molar-refractivity contribution in [3.05, 3.63) is 63.8 Å². The molecule has 0 radical (unpaired) electrons. The van der Waals surface area contributed by atoms with Crippen molar-refractivity contribution >= 4 is 17.4 Å². The zero-order valence-corrected chi connectivity index (χ0v) is 17.1. The van der Waals surface area contributed by atoms with Gasteiger partial charge in [-0.15, -0.1) is 0 Å². The Hall–Kier alpha value is -3.00. The normalized spacial score (nSPS) is 20.2. The van der Waals surface area contributed by atoms with E-state index < -0.39 is 4.92 Å². The third-order valence-corrected chi connectivity index (χ3v) is 5.20. The first kappa shape index (κ1) is 20.7. The Labute approximate surface area is 170 Å². The molecule has 1 aromatic heterocycles. The minimum Gasteiger partial charge on any atom is -0.372 e. The van der Waals surface area contributed by atoms with Crippen molar-refractivity contribution in [2.24, 2.45) is 0 Å². The van der Waals surface area contributed by atoms with Crippen LogP contribution in [0.2, 0.25) is 0 Å². The van der Waals surface area contributed by atoms with Gasteiger partial charge < -0.3 is 14.5 Å². The molecule has 1 aromatic carbocycles. The highest BCUT2D eigenvalue weighted by atomic mass is 16.6. The number of morpholine rings is 1. The van der Waals surface area contributed by atoms with E-state index in [1.54, 1.807) is 36.3 Å². The first-order valence-corrected chi connectivity index (χ1v) is 9.64. The van der Waals surface area contributed by atoms with Crippen LogP contribution in [0.3, 0.4) is 0 Å². The van der Waals surface area contributed by atoms with Crippen LogP contribution in [0.15, 0.2) is 42.6 Å². The number of nitro benzene ring substituents is 1. The number of non-ortho nitro benzene ring substituents is 1. The number of carbonyl (C=O) groups is 1. The Kier molecular flexibility index (Phi) is 6.12. The van der Waals surface area contributed by atoms with Crippen LogP contribution in [-0.2, 0) is 4.74 Å². The molecule has 0 aliphatic carbocycles. The molecule has 29 heavy (non-hydrogen) atoms. The molecule has 8 nitrogen and oxygen atoms in total. The van der Waals surface area contributed by atoms with Crippen molar-refractivity contribution in [3.8, 4) is 0 Å². The Morgan fingerprint density at radius 2 is 1.97 bits per heavy atom. The summed E-state index contributed by atoms with van der Waals surface area (Å²) in [6, 6.07) is 9.65. The molecule has 2 aromatic rings. The van der Waals surface area contributed by atoms with Gasteiger partial charge in [-0.3, -0.25) is 14.9 Å². The predicted octanol–water partition coefficient (Wildman–Crippen LogP) is 3.44. The lowest BCUT2D eigenvalue weighted by Crippen LogP contribution is -2.45. The van der Waals surface area contributed by atoms with Gasteiger partial charge in [-0.2, -0.15) is 0 Å². The predicted molar refractivity (Wildman–Crippen MR) is 110 cm³/mol. The van der Waals surface area contributed by atoms with Gasteiger partial charge in [0, 0.05) is 38.5 Å². The second kappa shape index (κ2) is 8.57. The topological polar surface area (TPSA) is 88.8 Å². The largest absolute Gasteiger partial charge is 0.372 e. The number of amides is 1. The number of nitrogens with zero attached hydrogens (tertiary/aromatic N) is 4. The van der Waals surface area contributed by atoms with Crippen LogP contribution in [-0.4, -0.2) is 53.1 Å². The molecule has 0 saturated carbocycles. The molecule has 1 aliphatic rings. The van der Waals surface area contributed by atoms with Gasteiger partial charge in [0.25, 0.3) is 11.6 Å². The summed E-state index contributed by atoms with van der Waals surface area (Å²) in [5.41, 5.74) is 1.19. The molecule has 3 atom stereocenters. The first-order valence-electron chi connectivity index (χ1n) is 9.64. The van der Waals surface area contributed by atoms with Gasteiger partial charge in [-0.1, -0.05) is 12.1 Å². The number of aromatic nitrogens is 1. The number of hydrogen-bond acceptors (Lipinski definition) is 6. The van der Waals surface area contributed by atoms with Gasteiger partial charge in [0.1, 0.15) is 5.82 Å². The molecule has 8 heteroatoms. The van der Waals surface area contributed by atoms with E-state index in [9.17, 15) is 14.9 Å². The molecule has 1 saturated heterocycles. The zero-order chi connectivity index (χ0) is 21.1. The number of benzene rings is 1. The number of carbonyl (C=O) groups excluding carboxylic acids is 1. The molecule has 0 N–H and O–H groups in total. The molecule has 2 heterocycles. The fourth-order valence-corrected chi connectivity index (χ4v) is 3.57. The standard InChI is InChI=1S/C21H26N4O4/c1-14-12-24(13-15(2)29-14)20-9-8-18(11-22-20)21(26)23(4)16(3)17-6-5-7-19(10-17)25(27)28/h5-11,14-16H,12-13H2,1-4H3. The fourth-order valence-electron chi connectivity index (χ4n) is 3.57. The molecule has 3 unspecified atom stereocenters. The summed E-state index contributed by atoms with van der Waals surface area (Å²) in [6.07, 6.45) is 1.84. The Balaban J connectivity index is 1.72. The number of pyridine rings is 1. The van der Waals surface area contributed by atoms with E-state index >= 15 is 0 Å². The third kappa shape index (κ3) is 4.71. The average molecular weight is 398 g/mol. The van der Waals surface area contributed by atoms with Crippen LogP contribution in [0.25, 0.3) is 0 Å². The quantitative estimate of drug-likeness (QED) is 0.566. The number of rotatable bonds is 5. The van der Waals surface area contributed by atoms with E-state index in [1.807, 2.05) is 26.8 Å². The molecule has 1 aliphatic heterocycles. The molecule has 154 valence electrons. The van der Waals surface area contributed by atoms with Crippen LogP contribution in [0.4, 0.5) is 11.5 Å². The van der Waals surface area contributed by atoms with Crippen LogP contribution in [0.5, 0.6) is 0 Å². The van der Waals surface area contributed by atoms with E-state index in [-0.39, 0.29) is 29.8 Å². The molecule has 1 fully saturated rings. The maximum absolute atomic E-state index is 12.9. The maximum Gasteiger partial charge on any atom is 0.269 e. The summed E-state index contributed by atoms with van der Waals surface area (Å²) < 4.78 is 5.75. The summed E-state index contributed by atoms with van der Waals surface area (Å²) in [4.78, 5) is 31.7. The van der Waals surface area contributed by atoms with Gasteiger partial charge in [0.2, 0.25) is 0 Å². The van der Waals surface area contributed by atoms with E-state index in [0.29, 0.717) is 11.1 Å². The highest BCUT2D eigenvalue weighted by Crippen LogP contribution is 2.25. The summed E-state index contributed by atoms with van der Waals surface area (Å²) >= 11 is 0. The lowest BCUT2D eigenvalue weighted by Gasteiger charge is -2.36. The van der Waals surface area contributed by atoms with Crippen LogP contribution >= 0.6 is 0 Å². The minimum atomic E-state index is -0.436. The van der Waals surface area contributed by atoms with Crippen molar-refractivity contribution in [2.45, 2.75) is 39.0 Å². The smallest absolute Gasteiger partial charge is 0.269 e. The molecular formula is C21H26N4O4. The average Bonchev–Trinajstić information content (AvgIpc) is 2.71. The number of ether oxygens (including phenoxy) is 1. The van der Waals surface area contributed by atoms with E-state index in [0.717, 1.165) is 18.9 Å². The van der Waals surface area contributed by atoms with Crippen molar-refractivity contribution in [2.75, 3.05) is 25.0 Å². The van der Waals surface area contributed by atoms with Gasteiger partial charge in [0.15, 0.2) is 0 Å². The zero-order valence-electron chi connectivity index (χ0n) is 17.1. The molecular weight excluding hydrogens is 372 g/mol. The lowest BCUT2D eigenvalue weighted by atomic mass is 10.1. The van der Waals surface area contributed by atoms with Gasteiger partial charge in [-0.05, 0) is 38.5 Å². The Morgan fingerprint density at radius 3 is 2.55 bits per heavy atom. The van der Waals surface area contributed by atoms with Gasteiger partial charge >= 0.3 is 0 Å². The number of anilines is 1.